The highest BCUT2D eigenvalue weighted by Crippen LogP contribution is 2.36. The molecule has 1 aliphatic rings. The number of tetrazole rings is 1. The molecule has 3 rings (SSSR count). The highest BCUT2D eigenvalue weighted by atomic mass is 32.2. The first-order valence-corrected chi connectivity index (χ1v) is 7.91. The second-order valence-corrected chi connectivity index (χ2v) is 5.95. The third kappa shape index (κ3) is 3.62. The summed E-state index contributed by atoms with van der Waals surface area (Å²) in [6.07, 6.45) is 2.20. The van der Waals surface area contributed by atoms with Crippen LogP contribution in [0.5, 0.6) is 0 Å². The Morgan fingerprint density at radius 3 is 2.86 bits per heavy atom. The number of thioether (sulfide) groups is 1. The maximum atomic E-state index is 11.9. The second-order valence-electron chi connectivity index (χ2n) is 5.01. The van der Waals surface area contributed by atoms with Crippen molar-refractivity contribution in [1.82, 2.24) is 25.5 Å². The Balaban J connectivity index is 1.46. The SMILES string of the molecule is N#Cc1ccc(CNC(=O)CSc2nnnn2C2CC2)cc1. The highest BCUT2D eigenvalue weighted by Gasteiger charge is 2.28. The number of nitrogens with zero attached hydrogens (tertiary/aromatic N) is 5. The molecule has 8 heteroatoms. The fourth-order valence-corrected chi connectivity index (χ4v) is 2.68. The van der Waals surface area contributed by atoms with Crippen LogP contribution < -0.4 is 5.32 Å². The van der Waals surface area contributed by atoms with Crippen LogP contribution in [0, 0.1) is 11.3 Å². The molecule has 1 aromatic carbocycles. The van der Waals surface area contributed by atoms with Gasteiger partial charge in [0.1, 0.15) is 0 Å². The van der Waals surface area contributed by atoms with Gasteiger partial charge >= 0.3 is 0 Å². The Kier molecular flexibility index (Phi) is 4.34. The standard InChI is InChI=1S/C14H14N6OS/c15-7-10-1-3-11(4-2-10)8-16-13(21)9-22-14-17-18-19-20(14)12-5-6-12/h1-4,12H,5-6,8-9H2,(H,16,21). The molecule has 1 amide bonds. The van der Waals surface area contributed by atoms with Crippen molar-refractivity contribution in [2.24, 2.45) is 0 Å². The number of aromatic nitrogens is 4. The van der Waals surface area contributed by atoms with Gasteiger partial charge in [-0.2, -0.15) is 5.26 Å². The quantitative estimate of drug-likeness (QED) is 0.807. The van der Waals surface area contributed by atoms with Crippen molar-refractivity contribution in [2.75, 3.05) is 5.75 Å². The monoisotopic (exact) mass is 314 g/mol. The number of benzene rings is 1. The largest absolute Gasteiger partial charge is 0.351 e. The molecule has 0 radical (unpaired) electrons. The van der Waals surface area contributed by atoms with Gasteiger partial charge in [-0.25, -0.2) is 4.68 Å². The highest BCUT2D eigenvalue weighted by molar-refractivity contribution is 7.99. The minimum atomic E-state index is -0.0697. The molecule has 1 fully saturated rings. The third-order valence-electron chi connectivity index (χ3n) is 3.26. The number of nitriles is 1. The molecule has 1 heterocycles. The molecular weight excluding hydrogens is 300 g/mol. The Labute approximate surface area is 131 Å². The van der Waals surface area contributed by atoms with Gasteiger partial charge in [0.25, 0.3) is 0 Å². The summed E-state index contributed by atoms with van der Waals surface area (Å²) in [7, 11) is 0. The zero-order valence-electron chi connectivity index (χ0n) is 11.8. The zero-order valence-corrected chi connectivity index (χ0v) is 12.6. The van der Waals surface area contributed by atoms with Gasteiger partial charge in [0.15, 0.2) is 0 Å². The molecule has 7 nitrogen and oxygen atoms in total. The van der Waals surface area contributed by atoms with E-state index in [1.165, 1.54) is 11.8 Å². The normalized spacial score (nSPS) is 13.6. The number of carbonyl (C=O) groups excluding carboxylic acids is 1. The molecule has 1 N–H and O–H groups in total. The fraction of sp³-hybridized carbons (Fsp3) is 0.357. The molecule has 1 aliphatic carbocycles. The Morgan fingerprint density at radius 1 is 1.41 bits per heavy atom. The third-order valence-corrected chi connectivity index (χ3v) is 4.19. The molecular formula is C14H14N6OS. The van der Waals surface area contributed by atoms with E-state index in [0.717, 1.165) is 18.4 Å². The number of hydrogen-bond acceptors (Lipinski definition) is 6. The van der Waals surface area contributed by atoms with Crippen LogP contribution in [0.2, 0.25) is 0 Å². The molecule has 112 valence electrons. The van der Waals surface area contributed by atoms with Gasteiger partial charge in [-0.05, 0) is 41.0 Å². The van der Waals surface area contributed by atoms with E-state index in [1.807, 2.05) is 12.1 Å². The summed E-state index contributed by atoms with van der Waals surface area (Å²) >= 11 is 1.34. The van der Waals surface area contributed by atoms with Crippen molar-refractivity contribution in [3.05, 3.63) is 35.4 Å². The van der Waals surface area contributed by atoms with E-state index < -0.39 is 0 Å². The fourth-order valence-electron chi connectivity index (χ4n) is 1.91. The first-order chi connectivity index (χ1) is 10.8. The van der Waals surface area contributed by atoms with Crippen LogP contribution in [0.1, 0.15) is 30.0 Å². The van der Waals surface area contributed by atoms with Crippen molar-refractivity contribution < 1.29 is 4.79 Å². The topological polar surface area (TPSA) is 96.5 Å². The van der Waals surface area contributed by atoms with Crippen LogP contribution in [-0.2, 0) is 11.3 Å². The van der Waals surface area contributed by atoms with Crippen LogP contribution in [0.4, 0.5) is 0 Å². The zero-order chi connectivity index (χ0) is 15.4. The van der Waals surface area contributed by atoms with E-state index in [9.17, 15) is 4.79 Å². The molecule has 1 saturated carbocycles. The number of carbonyl (C=O) groups is 1. The molecule has 0 bridgehead atoms. The van der Waals surface area contributed by atoms with E-state index >= 15 is 0 Å². The maximum Gasteiger partial charge on any atom is 0.230 e. The second kappa shape index (κ2) is 6.58. The average molecular weight is 314 g/mol. The Bertz CT molecular complexity index is 701. The summed E-state index contributed by atoms with van der Waals surface area (Å²) in [6.45, 7) is 0.443. The smallest absolute Gasteiger partial charge is 0.230 e. The molecule has 0 unspecified atom stereocenters. The molecule has 0 spiro atoms. The van der Waals surface area contributed by atoms with Crippen LogP contribution >= 0.6 is 11.8 Å². The van der Waals surface area contributed by atoms with Crippen molar-refractivity contribution in [3.63, 3.8) is 0 Å². The first kappa shape index (κ1) is 14.5. The Hall–Kier alpha value is -2.40. The maximum absolute atomic E-state index is 11.9. The summed E-state index contributed by atoms with van der Waals surface area (Å²) in [6, 6.07) is 9.60. The van der Waals surface area contributed by atoms with Crippen molar-refractivity contribution in [1.29, 1.82) is 5.26 Å². The van der Waals surface area contributed by atoms with Crippen LogP contribution in [0.25, 0.3) is 0 Å². The van der Waals surface area contributed by atoms with Gasteiger partial charge in [-0.3, -0.25) is 4.79 Å². The van der Waals surface area contributed by atoms with Crippen molar-refractivity contribution in [2.45, 2.75) is 30.6 Å². The lowest BCUT2D eigenvalue weighted by Crippen LogP contribution is -2.24. The van der Waals surface area contributed by atoms with Crippen LogP contribution in [-0.4, -0.2) is 31.9 Å². The lowest BCUT2D eigenvalue weighted by molar-refractivity contribution is -0.118. The van der Waals surface area contributed by atoms with Crippen molar-refractivity contribution >= 4 is 17.7 Å². The summed E-state index contributed by atoms with van der Waals surface area (Å²) in [5.41, 5.74) is 1.57. The number of hydrogen-bond donors (Lipinski definition) is 1. The molecule has 2 aromatic rings. The molecule has 0 atom stereocenters. The summed E-state index contributed by atoms with van der Waals surface area (Å²) in [5.74, 6) is 0.211. The van der Waals surface area contributed by atoms with Crippen molar-refractivity contribution in [3.8, 4) is 6.07 Å². The van der Waals surface area contributed by atoms with Gasteiger partial charge in [0.05, 0.1) is 23.4 Å². The molecule has 22 heavy (non-hydrogen) atoms. The minimum absolute atomic E-state index is 0.0697. The van der Waals surface area contributed by atoms with Gasteiger partial charge in [0.2, 0.25) is 11.1 Å². The molecule has 1 aromatic heterocycles. The van der Waals surface area contributed by atoms with E-state index in [2.05, 4.69) is 26.9 Å². The summed E-state index contributed by atoms with van der Waals surface area (Å²) in [4.78, 5) is 11.9. The number of nitrogens with one attached hydrogen (secondary N) is 1. The predicted octanol–water partition coefficient (Wildman–Crippen LogP) is 1.29. The Morgan fingerprint density at radius 2 is 2.18 bits per heavy atom. The van der Waals surface area contributed by atoms with E-state index in [1.54, 1.807) is 16.8 Å². The minimum Gasteiger partial charge on any atom is -0.351 e. The van der Waals surface area contributed by atoms with Gasteiger partial charge in [-0.15, -0.1) is 5.10 Å². The first-order valence-electron chi connectivity index (χ1n) is 6.92. The van der Waals surface area contributed by atoms with Crippen LogP contribution in [0.15, 0.2) is 29.4 Å². The molecule has 0 aliphatic heterocycles. The summed E-state index contributed by atoms with van der Waals surface area (Å²) < 4.78 is 1.79. The van der Waals surface area contributed by atoms with E-state index in [-0.39, 0.29) is 11.7 Å². The van der Waals surface area contributed by atoms with Gasteiger partial charge in [-0.1, -0.05) is 23.9 Å². The lowest BCUT2D eigenvalue weighted by Gasteiger charge is -2.05. The predicted molar refractivity (Wildman–Crippen MR) is 79.8 cm³/mol. The van der Waals surface area contributed by atoms with E-state index in [0.29, 0.717) is 23.3 Å². The summed E-state index contributed by atoms with van der Waals surface area (Å²) in [5, 5.41) is 23.8. The van der Waals surface area contributed by atoms with Gasteiger partial charge < -0.3 is 5.32 Å². The number of rotatable bonds is 6. The number of amides is 1. The van der Waals surface area contributed by atoms with Crippen LogP contribution in [0.3, 0.4) is 0 Å². The lowest BCUT2D eigenvalue weighted by atomic mass is 10.1. The van der Waals surface area contributed by atoms with Gasteiger partial charge in [0, 0.05) is 6.54 Å². The molecule has 0 saturated heterocycles. The van der Waals surface area contributed by atoms with E-state index in [4.69, 9.17) is 5.26 Å². The average Bonchev–Trinajstić information content (AvgIpc) is 3.29.